The third kappa shape index (κ3) is 4.50. The molecule has 1 aromatic heterocycles. The summed E-state index contributed by atoms with van der Waals surface area (Å²) in [5.74, 6) is 1.24. The maximum Gasteiger partial charge on any atom is 0.258 e. The highest BCUT2D eigenvalue weighted by Gasteiger charge is 2.48. The molecule has 8 heteroatoms. The first kappa shape index (κ1) is 23.4. The summed E-state index contributed by atoms with van der Waals surface area (Å²) in [4.78, 5) is 33.7. The molecule has 1 aliphatic carbocycles. The summed E-state index contributed by atoms with van der Waals surface area (Å²) in [7, 11) is 3.19. The van der Waals surface area contributed by atoms with Gasteiger partial charge in [-0.1, -0.05) is 37.1 Å². The summed E-state index contributed by atoms with van der Waals surface area (Å²) in [6, 6.07) is 14.4. The number of ether oxygens (including phenoxy) is 2. The molecule has 1 saturated heterocycles. The quantitative estimate of drug-likeness (QED) is 0.510. The van der Waals surface area contributed by atoms with Crippen LogP contribution in [0.2, 0.25) is 0 Å². The number of aromatic nitrogens is 1. The van der Waals surface area contributed by atoms with Gasteiger partial charge in [-0.15, -0.1) is 11.3 Å². The summed E-state index contributed by atoms with van der Waals surface area (Å²) in [6.07, 6.45) is 4.84. The van der Waals surface area contributed by atoms with E-state index in [4.69, 9.17) is 9.47 Å². The van der Waals surface area contributed by atoms with Gasteiger partial charge < -0.3 is 19.7 Å². The Balaban J connectivity index is 1.40. The summed E-state index contributed by atoms with van der Waals surface area (Å²) in [5, 5.41) is 5.40. The van der Waals surface area contributed by atoms with Crippen molar-refractivity contribution >= 4 is 28.3 Å². The fourth-order valence-corrected chi connectivity index (χ4v) is 6.16. The maximum absolute atomic E-state index is 13.7. The van der Waals surface area contributed by atoms with Crippen molar-refractivity contribution < 1.29 is 19.1 Å². The predicted octanol–water partition coefficient (Wildman–Crippen LogP) is 5.24. The van der Waals surface area contributed by atoms with Crippen LogP contribution in [0.5, 0.6) is 11.5 Å². The minimum Gasteiger partial charge on any atom is -0.496 e. The van der Waals surface area contributed by atoms with Gasteiger partial charge in [0.1, 0.15) is 17.5 Å². The van der Waals surface area contributed by atoms with Crippen LogP contribution in [0.15, 0.2) is 53.9 Å². The fourth-order valence-electron chi connectivity index (χ4n) is 5.45. The summed E-state index contributed by atoms with van der Waals surface area (Å²) in [6.45, 7) is 0. The molecule has 0 radical (unpaired) electrons. The van der Waals surface area contributed by atoms with Crippen molar-refractivity contribution in [3.63, 3.8) is 0 Å². The first-order valence-electron chi connectivity index (χ1n) is 12.0. The van der Waals surface area contributed by atoms with Crippen LogP contribution < -0.4 is 14.8 Å². The second kappa shape index (κ2) is 10.1. The summed E-state index contributed by atoms with van der Waals surface area (Å²) in [5.41, 5.74) is 2.10. The number of para-hydroxylation sites is 2. The van der Waals surface area contributed by atoms with E-state index in [2.05, 4.69) is 10.3 Å². The van der Waals surface area contributed by atoms with Gasteiger partial charge in [-0.05, 0) is 49.4 Å². The van der Waals surface area contributed by atoms with Gasteiger partial charge >= 0.3 is 0 Å². The maximum atomic E-state index is 13.7. The molecule has 1 N–H and O–H groups in total. The molecule has 3 atom stereocenters. The SMILES string of the molecule is COc1ccccc1C(=O)N1C(C(=O)Nc2nc(-c3ccccc3OC)cs2)CC2CCCCC21. The van der Waals surface area contributed by atoms with Crippen molar-refractivity contribution in [2.24, 2.45) is 5.92 Å². The molecule has 2 heterocycles. The number of methoxy groups -OCH3 is 2. The van der Waals surface area contributed by atoms with Crippen molar-refractivity contribution in [3.05, 3.63) is 59.5 Å². The van der Waals surface area contributed by atoms with E-state index in [1.54, 1.807) is 26.4 Å². The Bertz CT molecular complexity index is 1230. The van der Waals surface area contributed by atoms with Gasteiger partial charge in [0.05, 0.1) is 25.5 Å². The number of hydrogen-bond donors (Lipinski definition) is 1. The Morgan fingerprint density at radius 2 is 1.71 bits per heavy atom. The van der Waals surface area contributed by atoms with Crippen LogP contribution in [-0.2, 0) is 4.79 Å². The molecule has 2 amide bonds. The third-order valence-corrected chi connectivity index (χ3v) is 7.84. The van der Waals surface area contributed by atoms with Gasteiger partial charge in [-0.25, -0.2) is 4.98 Å². The molecule has 35 heavy (non-hydrogen) atoms. The number of amides is 2. The zero-order valence-corrected chi connectivity index (χ0v) is 20.7. The van der Waals surface area contributed by atoms with Crippen molar-refractivity contribution in [2.75, 3.05) is 19.5 Å². The molecule has 0 bridgehead atoms. The third-order valence-electron chi connectivity index (χ3n) is 7.08. The number of nitrogens with zero attached hydrogens (tertiary/aromatic N) is 2. The molecule has 3 aromatic rings. The predicted molar refractivity (Wildman–Crippen MR) is 136 cm³/mol. The molecule has 5 rings (SSSR count). The molecule has 182 valence electrons. The minimum atomic E-state index is -0.542. The summed E-state index contributed by atoms with van der Waals surface area (Å²) >= 11 is 1.37. The number of rotatable bonds is 6. The first-order valence-corrected chi connectivity index (χ1v) is 12.8. The van der Waals surface area contributed by atoms with Crippen molar-refractivity contribution in [2.45, 2.75) is 44.2 Å². The van der Waals surface area contributed by atoms with E-state index in [1.807, 2.05) is 46.7 Å². The number of anilines is 1. The van der Waals surface area contributed by atoms with Crippen LogP contribution in [0.25, 0.3) is 11.3 Å². The highest BCUT2D eigenvalue weighted by Crippen LogP contribution is 2.42. The average Bonchev–Trinajstić information content (AvgIpc) is 3.53. The lowest BCUT2D eigenvalue weighted by molar-refractivity contribution is -0.120. The zero-order valence-electron chi connectivity index (χ0n) is 19.9. The molecule has 1 saturated carbocycles. The van der Waals surface area contributed by atoms with Gasteiger partial charge in [0.25, 0.3) is 5.91 Å². The van der Waals surface area contributed by atoms with Crippen molar-refractivity contribution in [3.8, 4) is 22.8 Å². The average molecular weight is 492 g/mol. The van der Waals surface area contributed by atoms with Gasteiger partial charge in [-0.2, -0.15) is 0 Å². The number of hydrogen-bond acceptors (Lipinski definition) is 6. The number of nitrogens with one attached hydrogen (secondary N) is 1. The van der Waals surface area contributed by atoms with E-state index in [0.717, 1.165) is 42.7 Å². The Morgan fingerprint density at radius 3 is 2.51 bits per heavy atom. The van der Waals surface area contributed by atoms with E-state index in [-0.39, 0.29) is 17.9 Å². The number of thiazole rings is 1. The molecule has 2 aliphatic rings. The standard InChI is InChI=1S/C27H29N3O4S/c1-33-23-13-7-4-10-18(23)20-16-35-27(28-20)29-25(31)22-15-17-9-3-6-12-21(17)30(22)26(32)19-11-5-8-14-24(19)34-2/h4-5,7-8,10-11,13-14,16-17,21-22H,3,6,9,12,15H2,1-2H3,(H,28,29,31). The van der Waals surface area contributed by atoms with Crippen LogP contribution in [0.3, 0.4) is 0 Å². The highest BCUT2D eigenvalue weighted by molar-refractivity contribution is 7.14. The van der Waals surface area contributed by atoms with Crippen LogP contribution in [-0.4, -0.2) is 48.0 Å². The van der Waals surface area contributed by atoms with Crippen LogP contribution in [0.4, 0.5) is 5.13 Å². The van der Waals surface area contributed by atoms with Gasteiger partial charge in [-0.3, -0.25) is 9.59 Å². The summed E-state index contributed by atoms with van der Waals surface area (Å²) < 4.78 is 10.9. The molecule has 2 aromatic carbocycles. The van der Waals surface area contributed by atoms with Gasteiger partial charge in [0, 0.05) is 17.0 Å². The number of carbonyl (C=O) groups is 2. The molecule has 3 unspecified atom stereocenters. The largest absolute Gasteiger partial charge is 0.496 e. The molecular weight excluding hydrogens is 462 g/mol. The Morgan fingerprint density at radius 1 is 1.00 bits per heavy atom. The zero-order chi connectivity index (χ0) is 24.4. The van der Waals surface area contributed by atoms with E-state index < -0.39 is 6.04 Å². The Hall–Kier alpha value is -3.39. The van der Waals surface area contributed by atoms with Crippen LogP contribution >= 0.6 is 11.3 Å². The van der Waals surface area contributed by atoms with E-state index in [9.17, 15) is 9.59 Å². The Kier molecular flexibility index (Phi) is 6.72. The van der Waals surface area contributed by atoms with Crippen LogP contribution in [0, 0.1) is 5.92 Å². The van der Waals surface area contributed by atoms with Crippen molar-refractivity contribution in [1.29, 1.82) is 0 Å². The monoisotopic (exact) mass is 491 g/mol. The van der Waals surface area contributed by atoms with E-state index in [0.29, 0.717) is 28.8 Å². The second-order valence-corrected chi connectivity index (χ2v) is 9.86. The van der Waals surface area contributed by atoms with Crippen molar-refractivity contribution in [1.82, 2.24) is 9.88 Å². The highest BCUT2D eigenvalue weighted by atomic mass is 32.1. The number of likely N-dealkylation sites (tertiary alicyclic amines) is 1. The number of benzene rings is 2. The number of carbonyl (C=O) groups excluding carboxylic acids is 2. The fraction of sp³-hybridized carbons (Fsp3) is 0.370. The molecule has 2 fully saturated rings. The Labute approximate surface area is 209 Å². The van der Waals surface area contributed by atoms with Gasteiger partial charge in [0.15, 0.2) is 5.13 Å². The molecular formula is C27H29N3O4S. The minimum absolute atomic E-state index is 0.0670. The smallest absolute Gasteiger partial charge is 0.258 e. The lowest BCUT2D eigenvalue weighted by atomic mass is 9.84. The normalized spacial score (nSPS) is 21.3. The van der Waals surface area contributed by atoms with E-state index >= 15 is 0 Å². The number of fused-ring (bicyclic) bond motifs is 1. The molecule has 1 aliphatic heterocycles. The lowest BCUT2D eigenvalue weighted by Gasteiger charge is -2.33. The molecule has 7 nitrogen and oxygen atoms in total. The molecule has 0 spiro atoms. The topological polar surface area (TPSA) is 80.8 Å². The van der Waals surface area contributed by atoms with Crippen LogP contribution in [0.1, 0.15) is 42.5 Å². The first-order chi connectivity index (χ1) is 17.1. The van der Waals surface area contributed by atoms with E-state index in [1.165, 1.54) is 11.3 Å². The second-order valence-electron chi connectivity index (χ2n) is 9.00. The lowest BCUT2D eigenvalue weighted by Crippen LogP contribution is -2.47. The van der Waals surface area contributed by atoms with Gasteiger partial charge in [0.2, 0.25) is 5.91 Å².